The minimum absolute atomic E-state index is 0.715. The lowest BCUT2D eigenvalue weighted by Crippen LogP contribution is -2.68. The molecule has 3 saturated heterocycles. The van der Waals surface area contributed by atoms with Crippen LogP contribution in [0.3, 0.4) is 0 Å². The smallest absolute Gasteiger partial charge is 0.187 e. The van der Waals surface area contributed by atoms with Gasteiger partial charge < -0.3 is 74.7 Å². The summed E-state index contributed by atoms with van der Waals surface area (Å²) in [5.74, 6) is 0. The summed E-state index contributed by atoms with van der Waals surface area (Å²) in [6.07, 6.45) is -22.1. The van der Waals surface area contributed by atoms with Crippen LogP contribution in [-0.4, -0.2) is 156 Å². The molecule has 34 heavy (non-hydrogen) atoms. The van der Waals surface area contributed by atoms with E-state index in [0.29, 0.717) is 0 Å². The fourth-order valence-electron chi connectivity index (χ4n) is 4.26. The standard InChI is InChI=1S/C19H34O15/c1-5-13(33-18-12(26)15(27)19(2,29)7(4-21)32-18)9(23)11(25)17(30-5)34-14-6(3-20)31-16(28)10(24)8(14)22/h5-18,20-29H,3-4H2,1-2H3/t5?,6?,7?,8?,9?,10?,11?,12?,13-,14-,15?,16+,17-,18-,19-/m1/s1. The van der Waals surface area contributed by atoms with Crippen LogP contribution in [0.5, 0.6) is 0 Å². The average molecular weight is 502 g/mol. The van der Waals surface area contributed by atoms with E-state index in [4.69, 9.17) is 23.7 Å². The van der Waals surface area contributed by atoms with Crippen molar-refractivity contribution in [2.75, 3.05) is 13.2 Å². The van der Waals surface area contributed by atoms with E-state index in [-0.39, 0.29) is 0 Å². The number of hydrogen-bond acceptors (Lipinski definition) is 15. The van der Waals surface area contributed by atoms with E-state index < -0.39 is 105 Å². The fourth-order valence-corrected chi connectivity index (χ4v) is 4.26. The van der Waals surface area contributed by atoms with E-state index in [2.05, 4.69) is 0 Å². The van der Waals surface area contributed by atoms with Crippen molar-refractivity contribution in [2.45, 2.75) is 105 Å². The molecule has 3 rings (SSSR count). The largest absolute Gasteiger partial charge is 0.394 e. The van der Waals surface area contributed by atoms with Gasteiger partial charge in [-0.1, -0.05) is 0 Å². The van der Waals surface area contributed by atoms with Crippen molar-refractivity contribution >= 4 is 0 Å². The Bertz CT molecular complexity index is 660. The first-order valence-electron chi connectivity index (χ1n) is 10.8. The lowest BCUT2D eigenvalue weighted by atomic mass is 9.86. The average Bonchev–Trinajstić information content (AvgIpc) is 2.79. The number of hydrogen-bond donors (Lipinski definition) is 10. The van der Waals surface area contributed by atoms with Crippen LogP contribution >= 0.6 is 0 Å². The summed E-state index contributed by atoms with van der Waals surface area (Å²) in [5, 5.41) is 100. The maximum absolute atomic E-state index is 10.6. The molecule has 0 bridgehead atoms. The molecule has 200 valence electrons. The van der Waals surface area contributed by atoms with Gasteiger partial charge in [-0.15, -0.1) is 0 Å². The van der Waals surface area contributed by atoms with E-state index in [1.54, 1.807) is 0 Å². The Hall–Kier alpha value is -0.600. The molecule has 0 aromatic carbocycles. The molecule has 0 radical (unpaired) electrons. The van der Waals surface area contributed by atoms with Crippen molar-refractivity contribution in [3.05, 3.63) is 0 Å². The second-order valence-corrected chi connectivity index (χ2v) is 8.96. The third-order valence-electron chi connectivity index (χ3n) is 6.52. The molecule has 15 nitrogen and oxygen atoms in total. The third-order valence-corrected chi connectivity index (χ3v) is 6.52. The second-order valence-electron chi connectivity index (χ2n) is 8.96. The molecule has 0 aromatic rings. The van der Waals surface area contributed by atoms with Crippen LogP contribution in [0.15, 0.2) is 0 Å². The molecule has 0 aromatic heterocycles. The van der Waals surface area contributed by atoms with E-state index in [1.807, 2.05) is 0 Å². The molecule has 9 unspecified atom stereocenters. The van der Waals surface area contributed by atoms with E-state index in [0.717, 1.165) is 6.92 Å². The Morgan fingerprint density at radius 2 is 1.26 bits per heavy atom. The topological polar surface area (TPSA) is 248 Å². The van der Waals surface area contributed by atoms with Crippen molar-refractivity contribution in [3.8, 4) is 0 Å². The first-order chi connectivity index (χ1) is 15.8. The molecule has 3 aliphatic heterocycles. The van der Waals surface area contributed by atoms with Gasteiger partial charge in [0, 0.05) is 0 Å². The summed E-state index contributed by atoms with van der Waals surface area (Å²) in [4.78, 5) is 0. The van der Waals surface area contributed by atoms with Gasteiger partial charge in [-0.3, -0.25) is 0 Å². The Morgan fingerprint density at radius 3 is 1.85 bits per heavy atom. The van der Waals surface area contributed by atoms with Crippen LogP contribution in [0.4, 0.5) is 0 Å². The van der Waals surface area contributed by atoms with Crippen LogP contribution in [0.2, 0.25) is 0 Å². The molecular weight excluding hydrogens is 468 g/mol. The van der Waals surface area contributed by atoms with Crippen LogP contribution in [0.25, 0.3) is 0 Å². The van der Waals surface area contributed by atoms with Gasteiger partial charge in [-0.25, -0.2) is 0 Å². The predicted molar refractivity (Wildman–Crippen MR) is 104 cm³/mol. The van der Waals surface area contributed by atoms with Crippen molar-refractivity contribution in [2.24, 2.45) is 0 Å². The van der Waals surface area contributed by atoms with E-state index in [1.165, 1.54) is 6.92 Å². The van der Waals surface area contributed by atoms with Crippen molar-refractivity contribution in [3.63, 3.8) is 0 Å². The Labute approximate surface area is 194 Å². The lowest BCUT2D eigenvalue weighted by Gasteiger charge is -2.49. The fraction of sp³-hybridized carbons (Fsp3) is 1.00. The number of aliphatic hydroxyl groups excluding tert-OH is 9. The molecule has 3 aliphatic rings. The molecular formula is C19H34O15. The zero-order chi connectivity index (χ0) is 25.5. The first kappa shape index (κ1) is 28.0. The summed E-state index contributed by atoms with van der Waals surface area (Å²) in [5.41, 5.74) is -2.00. The highest BCUT2D eigenvalue weighted by Crippen LogP contribution is 2.34. The minimum Gasteiger partial charge on any atom is -0.394 e. The maximum Gasteiger partial charge on any atom is 0.187 e. The van der Waals surface area contributed by atoms with Gasteiger partial charge in [0.1, 0.15) is 66.6 Å². The Morgan fingerprint density at radius 1 is 0.706 bits per heavy atom. The molecule has 0 saturated carbocycles. The molecule has 15 atom stereocenters. The number of ether oxygens (including phenoxy) is 5. The molecule has 0 aliphatic carbocycles. The van der Waals surface area contributed by atoms with E-state index in [9.17, 15) is 51.1 Å². The summed E-state index contributed by atoms with van der Waals surface area (Å²) in [7, 11) is 0. The molecule has 3 fully saturated rings. The highest BCUT2D eigenvalue weighted by atomic mass is 16.7. The summed E-state index contributed by atoms with van der Waals surface area (Å²) in [6, 6.07) is 0. The van der Waals surface area contributed by atoms with Gasteiger partial charge in [0.2, 0.25) is 0 Å². The van der Waals surface area contributed by atoms with Gasteiger partial charge in [-0.2, -0.15) is 0 Å². The summed E-state index contributed by atoms with van der Waals surface area (Å²) < 4.78 is 26.9. The Kier molecular flexibility index (Phi) is 8.88. The SMILES string of the molecule is CC1O[C@H](O[C@@H]2C(CO)O[C@H](O)C(O)C2O)C(O)C(O)[C@@H]1O[C@H]1OC(CO)[C@@](C)(O)C(O)C1O. The van der Waals surface area contributed by atoms with Gasteiger partial charge in [0.25, 0.3) is 0 Å². The minimum atomic E-state index is -2.00. The monoisotopic (exact) mass is 502 g/mol. The number of aliphatic hydroxyl groups is 10. The number of rotatable bonds is 6. The van der Waals surface area contributed by atoms with E-state index >= 15 is 0 Å². The summed E-state index contributed by atoms with van der Waals surface area (Å²) >= 11 is 0. The maximum atomic E-state index is 10.6. The highest BCUT2D eigenvalue weighted by molar-refractivity contribution is 5.00. The molecule has 3 heterocycles. The van der Waals surface area contributed by atoms with Crippen molar-refractivity contribution < 1.29 is 74.7 Å². The van der Waals surface area contributed by atoms with Crippen molar-refractivity contribution in [1.29, 1.82) is 0 Å². The van der Waals surface area contributed by atoms with Crippen LogP contribution < -0.4 is 0 Å². The van der Waals surface area contributed by atoms with Gasteiger partial charge in [0.05, 0.1) is 19.3 Å². The molecule has 0 amide bonds. The second kappa shape index (κ2) is 10.8. The first-order valence-corrected chi connectivity index (χ1v) is 10.8. The van der Waals surface area contributed by atoms with Gasteiger partial charge in [0.15, 0.2) is 18.9 Å². The quantitative estimate of drug-likeness (QED) is 0.162. The highest BCUT2D eigenvalue weighted by Gasteiger charge is 2.55. The predicted octanol–water partition coefficient (Wildman–Crippen LogP) is -6.16. The molecule has 10 N–H and O–H groups in total. The lowest BCUT2D eigenvalue weighted by molar-refractivity contribution is -0.380. The molecule has 15 heteroatoms. The van der Waals surface area contributed by atoms with Gasteiger partial charge >= 0.3 is 0 Å². The normalized spacial score (nSPS) is 54.7. The molecule has 0 spiro atoms. The Balaban J connectivity index is 1.69. The van der Waals surface area contributed by atoms with Crippen molar-refractivity contribution in [1.82, 2.24) is 0 Å². The van der Waals surface area contributed by atoms with Gasteiger partial charge in [-0.05, 0) is 13.8 Å². The summed E-state index contributed by atoms with van der Waals surface area (Å²) in [6.45, 7) is 1.14. The zero-order valence-electron chi connectivity index (χ0n) is 18.5. The third kappa shape index (κ3) is 5.10. The van der Waals surface area contributed by atoms with Crippen LogP contribution in [-0.2, 0) is 23.7 Å². The van der Waals surface area contributed by atoms with Crippen LogP contribution in [0.1, 0.15) is 13.8 Å². The van der Waals surface area contributed by atoms with Crippen LogP contribution in [0, 0.1) is 0 Å². The zero-order valence-corrected chi connectivity index (χ0v) is 18.5.